The van der Waals surface area contributed by atoms with Gasteiger partial charge < -0.3 is 14.6 Å². The van der Waals surface area contributed by atoms with Crippen LogP contribution in [0.5, 0.6) is 5.75 Å². The number of nitrogens with zero attached hydrogens (tertiary/aromatic N) is 1. The van der Waals surface area contributed by atoms with Crippen LogP contribution < -0.4 is 9.55 Å². The quantitative estimate of drug-likeness (QED) is 0.849. The van der Waals surface area contributed by atoms with E-state index in [1.165, 1.54) is 16.8 Å². The number of fused-ring (bicyclic) bond motifs is 1. The monoisotopic (exact) mass is 252 g/mol. The van der Waals surface area contributed by atoms with E-state index in [0.717, 1.165) is 32.9 Å². The summed E-state index contributed by atoms with van der Waals surface area (Å²) in [6.45, 7) is 1.84. The van der Waals surface area contributed by atoms with E-state index >= 15 is 0 Å². The van der Waals surface area contributed by atoms with E-state index in [0.29, 0.717) is 0 Å². The summed E-state index contributed by atoms with van der Waals surface area (Å²) in [7, 11) is 0.749. The van der Waals surface area contributed by atoms with Gasteiger partial charge in [0, 0.05) is 18.8 Å². The van der Waals surface area contributed by atoms with Crippen LogP contribution in [0.2, 0.25) is 0 Å². The molecule has 0 saturated heterocycles. The van der Waals surface area contributed by atoms with Crippen molar-refractivity contribution in [1.29, 1.82) is 0 Å². The van der Waals surface area contributed by atoms with Crippen molar-refractivity contribution in [3.05, 3.63) is 59.7 Å². The number of benzene rings is 2. The fraction of sp³-hybridized carbons (Fsp3) is 0.200. The molecule has 2 aromatic rings. The number of para-hydroxylation sites is 1. The zero-order valence-corrected chi connectivity index (χ0v) is 10.6. The molecule has 1 heterocycles. The molecule has 1 radical (unpaired) electrons. The Bertz CT molecular complexity index is 559. The van der Waals surface area contributed by atoms with Gasteiger partial charge >= 0.3 is 7.69 Å². The van der Waals surface area contributed by atoms with Gasteiger partial charge in [0.2, 0.25) is 0 Å². The first kappa shape index (κ1) is 12.1. The molecule has 95 valence electrons. The van der Waals surface area contributed by atoms with Gasteiger partial charge in [0.25, 0.3) is 0 Å². The molecule has 0 aromatic heterocycles. The Kier molecular flexibility index (Phi) is 3.42. The molecule has 0 bridgehead atoms. The van der Waals surface area contributed by atoms with Crippen molar-refractivity contribution in [1.82, 2.24) is 0 Å². The Balaban J connectivity index is 1.87. The van der Waals surface area contributed by atoms with Gasteiger partial charge in [0.05, 0.1) is 0 Å². The van der Waals surface area contributed by atoms with Gasteiger partial charge in [-0.1, -0.05) is 30.3 Å². The van der Waals surface area contributed by atoms with Crippen molar-refractivity contribution in [3.8, 4) is 5.75 Å². The lowest BCUT2D eigenvalue weighted by Gasteiger charge is -2.31. The molecular weight excluding hydrogens is 237 g/mol. The standard InChI is InChI=1S/C15H15BNO2/c18-16-19-15-8-4-5-12-11-17(10-9-14(12)15)13-6-2-1-3-7-13/h1-8,18H,9-11H2. The minimum atomic E-state index is 0.749. The van der Waals surface area contributed by atoms with E-state index < -0.39 is 0 Å². The molecule has 19 heavy (non-hydrogen) atoms. The lowest BCUT2D eigenvalue weighted by molar-refractivity contribution is 0.448. The van der Waals surface area contributed by atoms with Gasteiger partial charge in [-0.3, -0.25) is 0 Å². The normalized spacial score (nSPS) is 13.8. The van der Waals surface area contributed by atoms with Crippen molar-refractivity contribution in [2.24, 2.45) is 0 Å². The minimum absolute atomic E-state index is 0.749. The molecule has 0 aliphatic carbocycles. The third kappa shape index (κ3) is 2.44. The average Bonchev–Trinajstić information content (AvgIpc) is 2.48. The molecule has 3 nitrogen and oxygen atoms in total. The first-order valence-corrected chi connectivity index (χ1v) is 6.42. The summed E-state index contributed by atoms with van der Waals surface area (Å²) in [5.74, 6) is 0.757. The third-order valence-electron chi connectivity index (χ3n) is 3.52. The van der Waals surface area contributed by atoms with Gasteiger partial charge in [-0.2, -0.15) is 0 Å². The fourth-order valence-corrected chi connectivity index (χ4v) is 2.60. The summed E-state index contributed by atoms with van der Waals surface area (Å²) in [4.78, 5) is 2.36. The molecule has 1 aliphatic rings. The second kappa shape index (κ2) is 5.37. The lowest BCUT2D eigenvalue weighted by Crippen LogP contribution is -2.30. The molecule has 0 amide bonds. The van der Waals surface area contributed by atoms with Gasteiger partial charge in [0.15, 0.2) is 0 Å². The van der Waals surface area contributed by atoms with E-state index in [2.05, 4.69) is 35.2 Å². The summed E-state index contributed by atoms with van der Waals surface area (Å²) in [5.41, 5.74) is 3.70. The number of hydrogen-bond acceptors (Lipinski definition) is 3. The summed E-state index contributed by atoms with van der Waals surface area (Å²) in [5, 5.41) is 8.79. The van der Waals surface area contributed by atoms with Crippen LogP contribution in [0.4, 0.5) is 5.69 Å². The summed E-state index contributed by atoms with van der Waals surface area (Å²) in [6.07, 6.45) is 0.925. The van der Waals surface area contributed by atoms with Crippen LogP contribution in [0.3, 0.4) is 0 Å². The smallest absolute Gasteiger partial charge is 0.537 e. The first-order valence-electron chi connectivity index (χ1n) is 6.42. The van der Waals surface area contributed by atoms with Crippen molar-refractivity contribution in [2.75, 3.05) is 11.4 Å². The first-order chi connectivity index (χ1) is 9.38. The lowest BCUT2D eigenvalue weighted by atomic mass is 9.98. The topological polar surface area (TPSA) is 32.7 Å². The highest BCUT2D eigenvalue weighted by Gasteiger charge is 2.19. The van der Waals surface area contributed by atoms with Gasteiger partial charge in [-0.15, -0.1) is 0 Å². The van der Waals surface area contributed by atoms with E-state index in [9.17, 15) is 0 Å². The van der Waals surface area contributed by atoms with Gasteiger partial charge in [-0.05, 0) is 35.7 Å². The number of hydrogen-bond donors (Lipinski definition) is 1. The molecule has 0 fully saturated rings. The molecule has 1 aliphatic heterocycles. The SMILES string of the molecule is O[B]Oc1cccc2c1CCN(c1ccccc1)C2. The van der Waals surface area contributed by atoms with E-state index in [1.807, 2.05) is 18.2 Å². The zero-order valence-electron chi connectivity index (χ0n) is 10.6. The molecule has 0 saturated carbocycles. The minimum Gasteiger partial charge on any atom is -0.537 e. The molecule has 0 spiro atoms. The molecule has 4 heteroatoms. The van der Waals surface area contributed by atoms with Crippen LogP contribution in [0, 0.1) is 0 Å². The van der Waals surface area contributed by atoms with Crippen molar-refractivity contribution in [3.63, 3.8) is 0 Å². The number of rotatable bonds is 3. The summed E-state index contributed by atoms with van der Waals surface area (Å²) >= 11 is 0. The maximum atomic E-state index is 8.79. The number of anilines is 1. The molecule has 1 N–H and O–H groups in total. The van der Waals surface area contributed by atoms with Crippen LogP contribution in [0.25, 0.3) is 0 Å². The average molecular weight is 252 g/mol. The summed E-state index contributed by atoms with van der Waals surface area (Å²) in [6, 6.07) is 16.4. The van der Waals surface area contributed by atoms with Crippen molar-refractivity contribution >= 4 is 13.4 Å². The highest BCUT2D eigenvalue weighted by atomic mass is 16.5. The summed E-state index contributed by atoms with van der Waals surface area (Å²) < 4.78 is 5.16. The molecular formula is C15H15BNO2. The maximum Gasteiger partial charge on any atom is 0.569 e. The highest BCUT2D eigenvalue weighted by molar-refractivity contribution is 6.17. The Morgan fingerprint density at radius 1 is 1.05 bits per heavy atom. The van der Waals surface area contributed by atoms with Crippen LogP contribution in [-0.2, 0) is 13.0 Å². The predicted molar refractivity (Wildman–Crippen MR) is 76.2 cm³/mol. The van der Waals surface area contributed by atoms with Gasteiger partial charge in [-0.25, -0.2) is 0 Å². The molecule has 0 atom stereocenters. The largest absolute Gasteiger partial charge is 0.569 e. The Morgan fingerprint density at radius 3 is 2.68 bits per heavy atom. The van der Waals surface area contributed by atoms with E-state index in [1.54, 1.807) is 0 Å². The molecule has 2 aromatic carbocycles. The van der Waals surface area contributed by atoms with Crippen LogP contribution in [-0.4, -0.2) is 19.3 Å². The van der Waals surface area contributed by atoms with Crippen LogP contribution in [0.15, 0.2) is 48.5 Å². The van der Waals surface area contributed by atoms with Gasteiger partial charge in [0.1, 0.15) is 5.75 Å². The molecule has 0 unspecified atom stereocenters. The molecule has 3 rings (SSSR count). The third-order valence-corrected chi connectivity index (χ3v) is 3.52. The Labute approximate surface area is 113 Å². The second-order valence-electron chi connectivity index (χ2n) is 4.62. The predicted octanol–water partition coefficient (Wildman–Crippen LogP) is 2.15. The van der Waals surface area contributed by atoms with E-state index in [-0.39, 0.29) is 0 Å². The second-order valence-corrected chi connectivity index (χ2v) is 4.62. The van der Waals surface area contributed by atoms with Crippen LogP contribution >= 0.6 is 0 Å². The fourth-order valence-electron chi connectivity index (χ4n) is 2.60. The van der Waals surface area contributed by atoms with Crippen LogP contribution in [0.1, 0.15) is 11.1 Å². The Hall–Kier alpha value is -1.94. The maximum absolute atomic E-state index is 8.79. The van der Waals surface area contributed by atoms with E-state index in [4.69, 9.17) is 9.68 Å². The highest BCUT2D eigenvalue weighted by Crippen LogP contribution is 2.30. The zero-order chi connectivity index (χ0) is 13.1. The Morgan fingerprint density at radius 2 is 1.89 bits per heavy atom. The van der Waals surface area contributed by atoms with Crippen molar-refractivity contribution in [2.45, 2.75) is 13.0 Å². The van der Waals surface area contributed by atoms with Crippen molar-refractivity contribution < 1.29 is 9.68 Å².